The van der Waals surface area contributed by atoms with Gasteiger partial charge in [-0.3, -0.25) is 9.55 Å². The molecule has 0 fully saturated rings. The van der Waals surface area contributed by atoms with E-state index in [0.717, 1.165) is 54.3 Å². The van der Waals surface area contributed by atoms with E-state index in [-0.39, 0.29) is 0 Å². The van der Waals surface area contributed by atoms with Crippen LogP contribution in [-0.4, -0.2) is 24.1 Å². The summed E-state index contributed by atoms with van der Waals surface area (Å²) in [5.74, 6) is 1.54. The molecule has 0 aliphatic carbocycles. The summed E-state index contributed by atoms with van der Waals surface area (Å²) >= 11 is 1.74. The summed E-state index contributed by atoms with van der Waals surface area (Å²) in [5, 5.41) is 7.21. The average Bonchev–Trinajstić information content (AvgIpc) is 3.96. The summed E-state index contributed by atoms with van der Waals surface area (Å²) < 4.78 is 5.82. The fraction of sp³-hybridized carbons (Fsp3) is 0. The van der Waals surface area contributed by atoms with Crippen LogP contribution in [0.4, 0.5) is 0 Å². The van der Waals surface area contributed by atoms with Crippen molar-refractivity contribution in [3.8, 4) is 44.5 Å². The predicted molar refractivity (Wildman–Crippen MR) is 238 cm³/mol. The second-order valence-corrected chi connectivity index (χ2v) is 15.5. The van der Waals surface area contributed by atoms with E-state index in [1.165, 1.54) is 48.9 Å². The maximum absolute atomic E-state index is 5.42. The van der Waals surface area contributed by atoms with Crippen molar-refractivity contribution in [1.82, 2.24) is 24.1 Å². The van der Waals surface area contributed by atoms with Crippen LogP contribution in [-0.2, 0) is 0 Å². The van der Waals surface area contributed by atoms with E-state index in [2.05, 4.69) is 178 Å². The number of thiophene rings is 1. The molecule has 0 aliphatic rings. The lowest BCUT2D eigenvalue weighted by Crippen LogP contribution is -2.01. The standard InChI is InChI=1S/C51H31N5S/c1-3-12-32(13-4-1)47-31-43-49(57-47)51(54-50(53-43)33-24-26-52-27-25-33)56-45-23-22-36(29-41(45)42-28-34-14-7-8-15-35(34)30-46(42)56)38-19-11-20-40-39-18-9-10-21-44(39)55(48(38)40)37-16-5-2-6-17-37/h1-31H. The van der Waals surface area contributed by atoms with Crippen molar-refractivity contribution in [2.24, 2.45) is 0 Å². The number of para-hydroxylation sites is 3. The van der Waals surface area contributed by atoms with Gasteiger partial charge in [0.25, 0.3) is 0 Å². The summed E-state index contributed by atoms with van der Waals surface area (Å²) in [6.45, 7) is 0. The normalized spacial score (nSPS) is 11.9. The molecule has 0 unspecified atom stereocenters. The van der Waals surface area contributed by atoms with Crippen LogP contribution < -0.4 is 0 Å². The van der Waals surface area contributed by atoms with Crippen molar-refractivity contribution < 1.29 is 0 Å². The molecule has 266 valence electrons. The van der Waals surface area contributed by atoms with Crippen molar-refractivity contribution in [2.75, 3.05) is 0 Å². The monoisotopic (exact) mass is 745 g/mol. The summed E-state index contributed by atoms with van der Waals surface area (Å²) in [6, 6.07) is 63.1. The Kier molecular flexibility index (Phi) is 7.03. The molecular formula is C51H31N5S. The molecule has 6 heteroatoms. The molecule has 12 aromatic rings. The number of hydrogen-bond acceptors (Lipinski definition) is 4. The van der Waals surface area contributed by atoms with Crippen LogP contribution in [0.1, 0.15) is 0 Å². The second-order valence-electron chi connectivity index (χ2n) is 14.5. The third-order valence-electron chi connectivity index (χ3n) is 11.2. The summed E-state index contributed by atoms with van der Waals surface area (Å²) in [7, 11) is 0. The maximum Gasteiger partial charge on any atom is 0.162 e. The van der Waals surface area contributed by atoms with E-state index in [4.69, 9.17) is 9.97 Å². The first-order valence-corrected chi connectivity index (χ1v) is 19.9. The number of aromatic nitrogens is 5. The third-order valence-corrected chi connectivity index (χ3v) is 12.4. The van der Waals surface area contributed by atoms with Gasteiger partial charge in [0.2, 0.25) is 0 Å². The molecule has 5 aromatic heterocycles. The molecule has 0 atom stereocenters. The highest BCUT2D eigenvalue weighted by Gasteiger charge is 2.22. The van der Waals surface area contributed by atoms with Gasteiger partial charge in [0, 0.05) is 55.6 Å². The highest BCUT2D eigenvalue weighted by atomic mass is 32.1. The first-order chi connectivity index (χ1) is 28.3. The maximum atomic E-state index is 5.42. The Balaban J connectivity index is 1.17. The van der Waals surface area contributed by atoms with E-state index in [0.29, 0.717) is 5.82 Å². The summed E-state index contributed by atoms with van der Waals surface area (Å²) in [5.41, 5.74) is 11.1. The first-order valence-electron chi connectivity index (χ1n) is 19.1. The van der Waals surface area contributed by atoms with Gasteiger partial charge in [-0.1, -0.05) is 115 Å². The molecule has 5 heterocycles. The van der Waals surface area contributed by atoms with Crippen LogP contribution in [0, 0.1) is 0 Å². The molecule has 7 aromatic carbocycles. The minimum Gasteiger partial charge on any atom is -0.309 e. The largest absolute Gasteiger partial charge is 0.309 e. The van der Waals surface area contributed by atoms with Gasteiger partial charge in [0.15, 0.2) is 11.6 Å². The van der Waals surface area contributed by atoms with Crippen molar-refractivity contribution in [3.63, 3.8) is 0 Å². The molecule has 12 rings (SSSR count). The van der Waals surface area contributed by atoms with Gasteiger partial charge in [-0.05, 0) is 82.6 Å². The highest BCUT2D eigenvalue weighted by Crippen LogP contribution is 2.44. The number of rotatable bonds is 5. The van der Waals surface area contributed by atoms with Gasteiger partial charge >= 0.3 is 0 Å². The zero-order chi connectivity index (χ0) is 37.5. The smallest absolute Gasteiger partial charge is 0.162 e. The molecule has 0 N–H and O–H groups in total. The van der Waals surface area contributed by atoms with E-state index < -0.39 is 0 Å². The number of nitrogens with zero attached hydrogens (tertiary/aromatic N) is 5. The van der Waals surface area contributed by atoms with Crippen molar-refractivity contribution in [2.45, 2.75) is 0 Å². The van der Waals surface area contributed by atoms with Crippen LogP contribution in [0.25, 0.3) is 109 Å². The van der Waals surface area contributed by atoms with Crippen molar-refractivity contribution in [3.05, 3.63) is 188 Å². The number of pyridine rings is 1. The van der Waals surface area contributed by atoms with E-state index in [1.807, 2.05) is 12.1 Å². The molecule has 0 aliphatic heterocycles. The van der Waals surface area contributed by atoms with Crippen LogP contribution >= 0.6 is 11.3 Å². The molecule has 0 spiro atoms. The van der Waals surface area contributed by atoms with Crippen LogP contribution in [0.3, 0.4) is 0 Å². The zero-order valence-electron chi connectivity index (χ0n) is 30.5. The number of hydrogen-bond donors (Lipinski definition) is 0. The first kappa shape index (κ1) is 31.9. The fourth-order valence-electron chi connectivity index (χ4n) is 8.64. The van der Waals surface area contributed by atoms with Crippen molar-refractivity contribution in [1.29, 1.82) is 0 Å². The Bertz CT molecular complexity index is 3510. The average molecular weight is 746 g/mol. The molecule has 0 bridgehead atoms. The number of benzene rings is 7. The lowest BCUT2D eigenvalue weighted by molar-refractivity contribution is 1.08. The Labute approximate surface area is 331 Å². The van der Waals surface area contributed by atoms with Crippen molar-refractivity contribution >= 4 is 75.9 Å². The van der Waals surface area contributed by atoms with Gasteiger partial charge in [-0.15, -0.1) is 11.3 Å². The van der Waals surface area contributed by atoms with Crippen LogP contribution in [0.5, 0.6) is 0 Å². The number of fused-ring (bicyclic) bond motifs is 8. The highest BCUT2D eigenvalue weighted by molar-refractivity contribution is 7.22. The molecule has 5 nitrogen and oxygen atoms in total. The second kappa shape index (κ2) is 12.6. The molecule has 0 saturated heterocycles. The summed E-state index contributed by atoms with van der Waals surface area (Å²) in [6.07, 6.45) is 3.61. The van der Waals surface area contributed by atoms with Crippen LogP contribution in [0.2, 0.25) is 0 Å². The van der Waals surface area contributed by atoms with Gasteiger partial charge in [-0.2, -0.15) is 0 Å². The van der Waals surface area contributed by atoms with Crippen LogP contribution in [0.15, 0.2) is 188 Å². The van der Waals surface area contributed by atoms with E-state index in [9.17, 15) is 0 Å². The van der Waals surface area contributed by atoms with Gasteiger partial charge in [0.1, 0.15) is 0 Å². The zero-order valence-corrected chi connectivity index (χ0v) is 31.4. The molecular weight excluding hydrogens is 715 g/mol. The van der Waals surface area contributed by atoms with Gasteiger partial charge in [0.05, 0.1) is 32.3 Å². The molecule has 0 amide bonds. The Morgan fingerprint density at radius 2 is 1.14 bits per heavy atom. The lowest BCUT2D eigenvalue weighted by atomic mass is 9.99. The fourth-order valence-corrected chi connectivity index (χ4v) is 9.72. The third kappa shape index (κ3) is 4.98. The minimum atomic E-state index is 0.671. The van der Waals surface area contributed by atoms with Gasteiger partial charge in [-0.25, -0.2) is 9.97 Å². The SMILES string of the molecule is c1ccc(-c2cc3nc(-c4ccncc4)nc(-n4c5ccc(-c6cccc7c8ccccc8n(-c8ccccc8)c67)cc5c5cc6ccccc6cc54)c3s2)cc1. The van der Waals surface area contributed by atoms with E-state index >= 15 is 0 Å². The minimum absolute atomic E-state index is 0.671. The Morgan fingerprint density at radius 1 is 0.439 bits per heavy atom. The van der Waals surface area contributed by atoms with E-state index in [1.54, 1.807) is 23.7 Å². The lowest BCUT2D eigenvalue weighted by Gasteiger charge is -2.13. The quantitative estimate of drug-likeness (QED) is 0.176. The predicted octanol–water partition coefficient (Wildman–Crippen LogP) is 13.4. The topological polar surface area (TPSA) is 48.5 Å². The summed E-state index contributed by atoms with van der Waals surface area (Å²) in [4.78, 5) is 16.0. The Morgan fingerprint density at radius 3 is 1.98 bits per heavy atom. The molecule has 57 heavy (non-hydrogen) atoms. The molecule has 0 radical (unpaired) electrons. The van der Waals surface area contributed by atoms with Gasteiger partial charge < -0.3 is 4.57 Å². The molecule has 0 saturated carbocycles. The Hall–Kier alpha value is -7.41.